The van der Waals surface area contributed by atoms with Gasteiger partial charge in [-0.05, 0) is 181 Å². The van der Waals surface area contributed by atoms with E-state index >= 15 is 9.59 Å². The molecule has 6 aromatic rings. The van der Waals surface area contributed by atoms with Gasteiger partial charge in [0.1, 0.15) is 23.7 Å². The van der Waals surface area contributed by atoms with Crippen molar-refractivity contribution in [3.05, 3.63) is 204 Å². The van der Waals surface area contributed by atoms with Gasteiger partial charge in [0.2, 0.25) is 0 Å². The van der Waals surface area contributed by atoms with Crippen molar-refractivity contribution >= 4 is 35.1 Å². The molecule has 4 heterocycles. The number of rotatable bonds is 11. The number of allylic oxidation sites excluding steroid dienone is 2. The number of benzene rings is 5. The van der Waals surface area contributed by atoms with E-state index in [1.165, 1.54) is 40.7 Å². The Morgan fingerprint density at radius 3 is 2.40 bits per heavy atom. The van der Waals surface area contributed by atoms with E-state index in [1.54, 1.807) is 19.1 Å². The highest BCUT2D eigenvalue weighted by molar-refractivity contribution is 5.90. The molecule has 12 unspecified atom stereocenters. The van der Waals surface area contributed by atoms with Crippen molar-refractivity contribution in [1.82, 2.24) is 0 Å². The molecule has 3 fully saturated rings. The fraction of sp³-hybridized carbons (Fsp3) is 0.438. The zero-order valence-electron chi connectivity index (χ0n) is 48.8. The van der Waals surface area contributed by atoms with Gasteiger partial charge < -0.3 is 43.8 Å². The van der Waals surface area contributed by atoms with Gasteiger partial charge in [0, 0.05) is 46.8 Å². The van der Waals surface area contributed by atoms with Crippen molar-refractivity contribution in [2.24, 2.45) is 23.7 Å². The van der Waals surface area contributed by atoms with Gasteiger partial charge in [-0.2, -0.15) is 0 Å². The second-order valence-corrected chi connectivity index (χ2v) is 25.6. The molecule has 5 aliphatic carbocycles. The van der Waals surface area contributed by atoms with Gasteiger partial charge in [0.15, 0.2) is 12.2 Å². The quantitative estimate of drug-likeness (QED) is 0.0418. The number of aryl methyl sites for hydroxylation is 1. The van der Waals surface area contributed by atoms with Crippen LogP contribution in [0.1, 0.15) is 182 Å². The molecule has 12 atom stereocenters. The van der Waals surface area contributed by atoms with Crippen LogP contribution in [0.3, 0.4) is 0 Å². The molecule has 5 aromatic carbocycles. The number of aliphatic hydroxyl groups is 4. The first-order valence-corrected chi connectivity index (χ1v) is 31.1. The van der Waals surface area contributed by atoms with E-state index in [0.717, 1.165) is 48.8 Å². The molecule has 12 nitrogen and oxygen atoms in total. The van der Waals surface area contributed by atoms with Gasteiger partial charge >= 0.3 is 17.6 Å². The van der Waals surface area contributed by atoms with E-state index in [4.69, 9.17) is 23.4 Å². The van der Waals surface area contributed by atoms with Crippen LogP contribution in [0.5, 0.6) is 5.75 Å². The number of ether oxygens (including phenoxy) is 4. The van der Waals surface area contributed by atoms with Crippen LogP contribution in [0, 0.1) is 23.7 Å². The largest absolute Gasteiger partial charge is 0.483 e. The SMILES string of the molecule is CC(CO)=C1CCc2ccc(cc2)C2CCC(c3cccc(C45CCCCC4C=Cc4ccccc45)c3)CC2CC(=O)OC2c3c(ccc4c(CO)c(C(CCO)COCO)c(=O)oc34)OC(C)(C3CC4C=Cc5ccccc5C4C3)C2OC1=O. The van der Waals surface area contributed by atoms with Crippen molar-refractivity contribution in [2.75, 3.05) is 26.6 Å². The summed E-state index contributed by atoms with van der Waals surface area (Å²) in [6.45, 7) is 1.62. The van der Waals surface area contributed by atoms with Crippen molar-refractivity contribution in [1.29, 1.82) is 0 Å². The maximum Gasteiger partial charge on any atom is 0.340 e. The van der Waals surface area contributed by atoms with Crippen molar-refractivity contribution in [2.45, 2.75) is 151 Å². The minimum atomic E-state index is -1.39. The summed E-state index contributed by atoms with van der Waals surface area (Å²) in [7, 11) is 0. The first kappa shape index (κ1) is 57.2. The first-order valence-electron chi connectivity index (χ1n) is 31.1. The number of esters is 2. The topological polar surface area (TPSA) is 182 Å². The Balaban J connectivity index is 0.938. The second-order valence-electron chi connectivity index (χ2n) is 25.6. The van der Waals surface area contributed by atoms with Crippen molar-refractivity contribution in [3.8, 4) is 5.75 Å². The molecule has 0 saturated heterocycles. The molecule has 12 heteroatoms. The zero-order valence-corrected chi connectivity index (χ0v) is 48.8. The van der Waals surface area contributed by atoms with Gasteiger partial charge in [-0.25, -0.2) is 9.59 Å². The predicted octanol–water partition coefficient (Wildman–Crippen LogP) is 12.7. The van der Waals surface area contributed by atoms with Crippen LogP contribution in [0.15, 0.2) is 142 Å². The van der Waals surface area contributed by atoms with Crippen LogP contribution in [-0.2, 0) is 42.2 Å². The van der Waals surface area contributed by atoms with Gasteiger partial charge in [0.25, 0.3) is 0 Å². The summed E-state index contributed by atoms with van der Waals surface area (Å²) in [5.41, 5.74) is 8.86. The average molecular weight is 1150 g/mol. The van der Waals surface area contributed by atoms with E-state index in [-0.39, 0.29) is 108 Å². The number of hydrogen-bond donors (Lipinski definition) is 4. The highest BCUT2D eigenvalue weighted by Gasteiger charge is 2.59. The monoisotopic (exact) mass is 1150 g/mol. The van der Waals surface area contributed by atoms with Gasteiger partial charge in [-0.15, -0.1) is 0 Å². The summed E-state index contributed by atoms with van der Waals surface area (Å²) in [4.78, 5) is 45.8. The predicted molar refractivity (Wildman–Crippen MR) is 325 cm³/mol. The summed E-state index contributed by atoms with van der Waals surface area (Å²) < 4.78 is 33.2. The van der Waals surface area contributed by atoms with E-state index in [1.807, 2.05) is 13.0 Å². The van der Waals surface area contributed by atoms with E-state index in [0.29, 0.717) is 41.7 Å². The third kappa shape index (κ3) is 10.2. The Hall–Kier alpha value is -6.93. The van der Waals surface area contributed by atoms with Gasteiger partial charge in [-0.1, -0.05) is 134 Å². The van der Waals surface area contributed by atoms with Crippen LogP contribution < -0.4 is 10.4 Å². The molecule has 1 aromatic heterocycles. The fourth-order valence-electron chi connectivity index (χ4n) is 16.9. The highest BCUT2D eigenvalue weighted by Crippen LogP contribution is 2.59. The van der Waals surface area contributed by atoms with Crippen LogP contribution in [0.2, 0.25) is 0 Å². The molecule has 0 amide bonds. The van der Waals surface area contributed by atoms with Crippen LogP contribution in [0.4, 0.5) is 0 Å². The second kappa shape index (κ2) is 23.7. The van der Waals surface area contributed by atoms with Crippen molar-refractivity contribution in [3.63, 3.8) is 0 Å². The Morgan fingerprint density at radius 1 is 0.776 bits per heavy atom. The van der Waals surface area contributed by atoms with Crippen LogP contribution in [-0.4, -0.2) is 70.7 Å². The minimum Gasteiger partial charge on any atom is -0.483 e. The molecule has 0 radical (unpaired) electrons. The van der Waals surface area contributed by atoms with E-state index in [9.17, 15) is 25.2 Å². The lowest BCUT2D eigenvalue weighted by molar-refractivity contribution is -0.199. The maximum atomic E-state index is 15.8. The number of hydrogen-bond acceptors (Lipinski definition) is 12. The molecular formula is C73H78O12. The maximum absolute atomic E-state index is 15.8. The summed E-state index contributed by atoms with van der Waals surface area (Å²) in [5.74, 6) is -1.25. The molecule has 4 N–H and O–H groups in total. The molecule has 8 aliphatic rings. The number of carbonyl (C=O) groups excluding carboxylic acids is 2. The number of aliphatic hydroxyl groups excluding tert-OH is 4. The van der Waals surface area contributed by atoms with Crippen LogP contribution >= 0.6 is 0 Å². The van der Waals surface area contributed by atoms with E-state index < -0.39 is 54.7 Å². The summed E-state index contributed by atoms with van der Waals surface area (Å²) >= 11 is 0. The lowest BCUT2D eigenvalue weighted by atomic mass is 9.56. The Bertz CT molecular complexity index is 3670. The van der Waals surface area contributed by atoms with Gasteiger partial charge in [-0.3, -0.25) is 4.79 Å². The Labute approximate surface area is 497 Å². The molecule has 3 saturated carbocycles. The molecule has 2 bridgehead atoms. The molecule has 85 heavy (non-hydrogen) atoms. The molecule has 0 spiro atoms. The summed E-state index contributed by atoms with van der Waals surface area (Å²) in [6.07, 6.45) is 15.8. The molecular weight excluding hydrogens is 1070 g/mol. The smallest absolute Gasteiger partial charge is 0.340 e. The summed E-state index contributed by atoms with van der Waals surface area (Å²) in [5, 5.41) is 42.2. The molecule has 442 valence electrons. The molecule has 3 aliphatic heterocycles. The van der Waals surface area contributed by atoms with Crippen LogP contribution in [0.25, 0.3) is 23.1 Å². The fourth-order valence-corrected chi connectivity index (χ4v) is 16.9. The Kier molecular flexibility index (Phi) is 16.0. The standard InChI is InChI=1S/C73H78O12/c1-43(39-75)56-27-19-44-17-20-46(21-18-44)57-28-25-49(48-12-9-14-54(35-48)73-32-8-7-13-53(73)26-24-47-11-4-6-16-62(47)73)34-52(57)37-64(78)82-68-66-63(30-29-59-61(40-76)65(71(80)83-67(59)66)51(31-33-74)41-81-42-77)85-72(2,69(68)84-70(56)79)55-36-50-23-22-45-10-3-5-15-58(45)60(50)38-55/h3-6,9-12,14-18,20-24,26,29-30,35,49-53,55,57,60,68-69,74-77H,7-8,13,19,25,27-28,31-34,36-42H2,1-2H3. The third-order valence-electron chi connectivity index (χ3n) is 21.2. The lowest BCUT2D eigenvalue weighted by Crippen LogP contribution is -2.58. The lowest BCUT2D eigenvalue weighted by Gasteiger charge is -2.48. The zero-order chi connectivity index (χ0) is 58.6. The third-order valence-corrected chi connectivity index (χ3v) is 21.2. The number of carbonyl (C=O) groups is 2. The molecule has 14 rings (SSSR count). The number of fused-ring (bicyclic) bond motifs is 17. The summed E-state index contributed by atoms with van der Waals surface area (Å²) in [6, 6.07) is 38.7. The first-order chi connectivity index (χ1) is 41.4. The minimum absolute atomic E-state index is 0.00136. The van der Waals surface area contributed by atoms with Gasteiger partial charge in [0.05, 0.1) is 25.4 Å². The van der Waals surface area contributed by atoms with Crippen molar-refractivity contribution < 1.29 is 53.4 Å². The normalized spacial score (nSPS) is 29.6. The highest BCUT2D eigenvalue weighted by atomic mass is 16.6. The average Bonchev–Trinajstić information content (AvgIpc) is 2.29. The van der Waals surface area contributed by atoms with E-state index in [2.05, 4.69) is 115 Å². The Morgan fingerprint density at radius 2 is 1.59 bits per heavy atom.